The highest BCUT2D eigenvalue weighted by Gasteiger charge is 2.15. The summed E-state index contributed by atoms with van der Waals surface area (Å²) in [6, 6.07) is 27.5. The Morgan fingerprint density at radius 1 is 0.719 bits per heavy atom. The molecule has 0 saturated carbocycles. The van der Waals surface area contributed by atoms with Crippen LogP contribution in [0.5, 0.6) is 0 Å². The fourth-order valence-corrected chi connectivity index (χ4v) is 5.32. The first-order valence-electron chi connectivity index (χ1n) is 10.8. The van der Waals surface area contributed by atoms with Crippen molar-refractivity contribution in [3.05, 3.63) is 115 Å². The number of allylic oxidation sites excluding steroid dienone is 6. The van der Waals surface area contributed by atoms with Crippen LogP contribution in [0.4, 0.5) is 0 Å². The summed E-state index contributed by atoms with van der Waals surface area (Å²) in [5.74, 6) is 0.762. The van der Waals surface area contributed by atoms with E-state index < -0.39 is 0 Å². The lowest BCUT2D eigenvalue weighted by Crippen LogP contribution is -1.98. The van der Waals surface area contributed by atoms with Crippen LogP contribution in [-0.4, -0.2) is 9.97 Å². The number of hydrogen-bond acceptors (Lipinski definition) is 3. The number of benzene rings is 3. The topological polar surface area (TPSA) is 25.8 Å². The Labute approximate surface area is 190 Å². The van der Waals surface area contributed by atoms with Crippen LogP contribution in [0.2, 0.25) is 0 Å². The lowest BCUT2D eigenvalue weighted by Gasteiger charge is -2.10. The molecule has 32 heavy (non-hydrogen) atoms. The van der Waals surface area contributed by atoms with Crippen LogP contribution in [0, 0.1) is 0 Å². The summed E-state index contributed by atoms with van der Waals surface area (Å²) in [5, 5.41) is 2.49. The molecule has 2 heterocycles. The minimum Gasteiger partial charge on any atom is -0.228 e. The minimum atomic E-state index is 0.762. The predicted molar refractivity (Wildman–Crippen MR) is 137 cm³/mol. The molecule has 0 aliphatic heterocycles. The molecule has 0 unspecified atom stereocenters. The smallest absolute Gasteiger partial charge is 0.161 e. The van der Waals surface area contributed by atoms with Gasteiger partial charge in [0.2, 0.25) is 0 Å². The van der Waals surface area contributed by atoms with Gasteiger partial charge in [0.15, 0.2) is 5.82 Å². The Balaban J connectivity index is 1.64. The van der Waals surface area contributed by atoms with Crippen molar-refractivity contribution >= 4 is 37.1 Å². The van der Waals surface area contributed by atoms with Gasteiger partial charge < -0.3 is 0 Å². The second-order valence-electron chi connectivity index (χ2n) is 7.79. The Kier molecular flexibility index (Phi) is 4.74. The zero-order valence-corrected chi connectivity index (χ0v) is 18.2. The van der Waals surface area contributed by atoms with Gasteiger partial charge in [-0.25, -0.2) is 9.97 Å². The van der Waals surface area contributed by atoms with Crippen molar-refractivity contribution in [2.45, 2.75) is 6.42 Å². The van der Waals surface area contributed by atoms with Crippen molar-refractivity contribution in [1.82, 2.24) is 9.97 Å². The van der Waals surface area contributed by atoms with Gasteiger partial charge in [0.25, 0.3) is 0 Å². The molecule has 2 aromatic heterocycles. The molecule has 3 heteroatoms. The molecule has 2 nitrogen and oxygen atoms in total. The summed E-state index contributed by atoms with van der Waals surface area (Å²) in [4.78, 5) is 10.1. The summed E-state index contributed by atoms with van der Waals surface area (Å²) in [6.07, 6.45) is 11.6. The zero-order valence-electron chi connectivity index (χ0n) is 17.4. The summed E-state index contributed by atoms with van der Waals surface area (Å²) >= 11 is 1.82. The maximum Gasteiger partial charge on any atom is 0.161 e. The fraction of sp³-hybridized carbons (Fsp3) is 0.0345. The van der Waals surface area contributed by atoms with E-state index >= 15 is 0 Å². The molecule has 3 aromatic carbocycles. The van der Waals surface area contributed by atoms with E-state index in [1.165, 1.54) is 20.2 Å². The highest BCUT2D eigenvalue weighted by atomic mass is 32.1. The highest BCUT2D eigenvalue weighted by molar-refractivity contribution is 7.25. The lowest BCUT2D eigenvalue weighted by molar-refractivity contribution is 1.16. The van der Waals surface area contributed by atoms with Gasteiger partial charge in [-0.05, 0) is 30.2 Å². The third-order valence-corrected chi connectivity index (χ3v) is 6.85. The normalized spacial score (nSPS) is 13.4. The second-order valence-corrected chi connectivity index (χ2v) is 8.88. The van der Waals surface area contributed by atoms with E-state index in [2.05, 4.69) is 103 Å². The molecule has 0 atom stereocenters. The lowest BCUT2D eigenvalue weighted by atomic mass is 10.0. The third kappa shape index (κ3) is 3.37. The van der Waals surface area contributed by atoms with E-state index in [9.17, 15) is 0 Å². The standard InChI is InChI=1S/C29H20N2S/c1-2-5-12-20(11-4-1)24-19-25(21-13-6-3-7-14-21)31-29(30-24)23-16-10-18-27-28(23)22-15-8-9-17-26(22)32-27/h1,3-19H,2H2. The number of aromatic nitrogens is 2. The molecule has 0 amide bonds. The van der Waals surface area contributed by atoms with E-state index in [-0.39, 0.29) is 0 Å². The highest BCUT2D eigenvalue weighted by Crippen LogP contribution is 2.39. The van der Waals surface area contributed by atoms with Gasteiger partial charge in [-0.1, -0.05) is 91.0 Å². The van der Waals surface area contributed by atoms with Crippen LogP contribution in [0.15, 0.2) is 109 Å². The van der Waals surface area contributed by atoms with Gasteiger partial charge in [0.1, 0.15) is 0 Å². The van der Waals surface area contributed by atoms with Crippen LogP contribution in [0.1, 0.15) is 12.1 Å². The number of rotatable bonds is 3. The second kappa shape index (κ2) is 8.03. The number of hydrogen-bond donors (Lipinski definition) is 0. The van der Waals surface area contributed by atoms with Gasteiger partial charge >= 0.3 is 0 Å². The summed E-state index contributed by atoms with van der Waals surface area (Å²) in [6.45, 7) is 0. The summed E-state index contributed by atoms with van der Waals surface area (Å²) < 4.78 is 2.55. The first-order valence-corrected chi connectivity index (χ1v) is 11.6. The quantitative estimate of drug-likeness (QED) is 0.290. The van der Waals surface area contributed by atoms with Crippen molar-refractivity contribution in [2.24, 2.45) is 0 Å². The Morgan fingerprint density at radius 2 is 1.53 bits per heavy atom. The van der Waals surface area contributed by atoms with E-state index in [0.717, 1.165) is 40.3 Å². The third-order valence-electron chi connectivity index (χ3n) is 5.72. The largest absolute Gasteiger partial charge is 0.228 e. The molecule has 0 radical (unpaired) electrons. The van der Waals surface area contributed by atoms with Gasteiger partial charge in [-0.3, -0.25) is 0 Å². The molecule has 5 aromatic rings. The SMILES string of the molecule is C1=CCC=CC(c2cc(-c3ccccc3)nc(-c3cccc4sc5ccccc5c34)n2)=C1. The van der Waals surface area contributed by atoms with E-state index in [1.54, 1.807) is 0 Å². The summed E-state index contributed by atoms with van der Waals surface area (Å²) in [5.41, 5.74) is 5.14. The minimum absolute atomic E-state index is 0.762. The van der Waals surface area contributed by atoms with Gasteiger partial charge in [-0.15, -0.1) is 11.3 Å². The van der Waals surface area contributed by atoms with Crippen molar-refractivity contribution in [3.8, 4) is 22.6 Å². The Bertz CT molecular complexity index is 1540. The molecule has 0 bridgehead atoms. The molecule has 6 rings (SSSR count). The van der Waals surface area contributed by atoms with Crippen molar-refractivity contribution in [1.29, 1.82) is 0 Å². The molecule has 0 N–H and O–H groups in total. The van der Waals surface area contributed by atoms with Crippen LogP contribution < -0.4 is 0 Å². The van der Waals surface area contributed by atoms with Crippen molar-refractivity contribution in [2.75, 3.05) is 0 Å². The molecular formula is C29H20N2S. The number of thiophene rings is 1. The molecule has 0 fully saturated rings. The van der Waals surface area contributed by atoms with Gasteiger partial charge in [-0.2, -0.15) is 0 Å². The molecule has 1 aliphatic carbocycles. The maximum atomic E-state index is 5.07. The number of nitrogens with zero attached hydrogens (tertiary/aromatic N) is 2. The first kappa shape index (κ1) is 18.9. The van der Waals surface area contributed by atoms with Crippen molar-refractivity contribution < 1.29 is 0 Å². The van der Waals surface area contributed by atoms with Crippen molar-refractivity contribution in [3.63, 3.8) is 0 Å². The Hall–Kier alpha value is -3.82. The summed E-state index contributed by atoms with van der Waals surface area (Å²) in [7, 11) is 0. The predicted octanol–water partition coefficient (Wildman–Crippen LogP) is 8.08. The average Bonchev–Trinajstić information content (AvgIpc) is 3.02. The van der Waals surface area contributed by atoms with Gasteiger partial charge in [0.05, 0.1) is 11.4 Å². The van der Waals surface area contributed by atoms with E-state index in [0.29, 0.717) is 0 Å². The van der Waals surface area contributed by atoms with E-state index in [1.807, 2.05) is 17.4 Å². The monoisotopic (exact) mass is 428 g/mol. The van der Waals surface area contributed by atoms with Gasteiger partial charge in [0, 0.05) is 31.3 Å². The molecular weight excluding hydrogens is 408 g/mol. The first-order chi connectivity index (χ1) is 15.9. The molecule has 0 saturated heterocycles. The molecule has 1 aliphatic rings. The molecule has 0 spiro atoms. The van der Waals surface area contributed by atoms with Crippen LogP contribution in [-0.2, 0) is 0 Å². The fourth-order valence-electron chi connectivity index (χ4n) is 4.18. The van der Waals surface area contributed by atoms with Crippen LogP contribution in [0.25, 0.3) is 48.4 Å². The zero-order chi connectivity index (χ0) is 21.3. The Morgan fingerprint density at radius 3 is 2.47 bits per heavy atom. The van der Waals surface area contributed by atoms with E-state index in [4.69, 9.17) is 9.97 Å². The maximum absolute atomic E-state index is 5.07. The molecule has 152 valence electrons. The average molecular weight is 429 g/mol. The van der Waals surface area contributed by atoms with Crippen LogP contribution >= 0.6 is 11.3 Å². The number of fused-ring (bicyclic) bond motifs is 3. The van der Waals surface area contributed by atoms with Crippen LogP contribution in [0.3, 0.4) is 0 Å².